The normalized spacial score (nSPS) is 10.5. The molecule has 4 nitrogen and oxygen atoms in total. The first kappa shape index (κ1) is 13.2. The van der Waals surface area contributed by atoms with Crippen molar-refractivity contribution in [2.75, 3.05) is 6.61 Å². The third kappa shape index (κ3) is 2.76. The van der Waals surface area contributed by atoms with E-state index >= 15 is 0 Å². The molecule has 0 aliphatic rings. The minimum absolute atomic E-state index is 0.270. The molecule has 0 unspecified atom stereocenters. The van der Waals surface area contributed by atoms with Crippen LogP contribution >= 0.6 is 0 Å². The lowest BCUT2D eigenvalue weighted by atomic mass is 10.1. The van der Waals surface area contributed by atoms with Crippen molar-refractivity contribution < 1.29 is 4.74 Å². The Morgan fingerprint density at radius 2 is 2.16 bits per heavy atom. The van der Waals surface area contributed by atoms with Crippen LogP contribution in [0.25, 0.3) is 11.3 Å². The first-order chi connectivity index (χ1) is 9.15. The molecular weight excluding hydrogens is 238 g/mol. The van der Waals surface area contributed by atoms with E-state index in [9.17, 15) is 0 Å². The minimum atomic E-state index is 0.270. The fourth-order valence-electron chi connectivity index (χ4n) is 2.02. The fraction of sp³-hybridized carbons (Fsp3) is 0.333. The van der Waals surface area contributed by atoms with E-state index in [1.807, 2.05) is 29.8 Å². The summed E-state index contributed by atoms with van der Waals surface area (Å²) in [7, 11) is 0. The largest absolute Gasteiger partial charge is 0.494 e. The highest BCUT2D eigenvalue weighted by molar-refractivity contribution is 5.64. The SMILES string of the molecule is CCOc1cc(C#N)cc(-c2ccnn2C(C)C)c1. The quantitative estimate of drug-likeness (QED) is 0.841. The van der Waals surface area contributed by atoms with Crippen molar-refractivity contribution in [1.29, 1.82) is 5.26 Å². The van der Waals surface area contributed by atoms with Crippen LogP contribution in [0.5, 0.6) is 5.75 Å². The van der Waals surface area contributed by atoms with E-state index in [0.29, 0.717) is 17.9 Å². The highest BCUT2D eigenvalue weighted by Gasteiger charge is 2.10. The lowest BCUT2D eigenvalue weighted by Crippen LogP contribution is -2.04. The first-order valence-electron chi connectivity index (χ1n) is 6.37. The van der Waals surface area contributed by atoms with E-state index in [1.54, 1.807) is 12.3 Å². The average molecular weight is 255 g/mol. The smallest absolute Gasteiger partial charge is 0.121 e. The number of nitrogens with zero attached hydrogens (tertiary/aromatic N) is 3. The molecule has 0 aliphatic carbocycles. The molecule has 98 valence electrons. The number of benzene rings is 1. The number of rotatable bonds is 4. The van der Waals surface area contributed by atoms with Crippen LogP contribution in [0.1, 0.15) is 32.4 Å². The zero-order valence-electron chi connectivity index (χ0n) is 11.4. The van der Waals surface area contributed by atoms with Crippen LogP contribution in [0, 0.1) is 11.3 Å². The molecule has 0 fully saturated rings. The summed E-state index contributed by atoms with van der Waals surface area (Å²) in [6, 6.07) is 9.94. The Balaban J connectivity index is 2.52. The predicted molar refractivity (Wildman–Crippen MR) is 73.9 cm³/mol. The van der Waals surface area contributed by atoms with Crippen molar-refractivity contribution in [2.45, 2.75) is 26.8 Å². The molecule has 0 saturated heterocycles. The van der Waals surface area contributed by atoms with Gasteiger partial charge in [0.05, 0.1) is 23.9 Å². The third-order valence-corrected chi connectivity index (χ3v) is 2.80. The molecule has 19 heavy (non-hydrogen) atoms. The standard InChI is InChI=1S/C15H17N3O/c1-4-19-14-8-12(10-16)7-13(9-14)15-5-6-17-18(15)11(2)3/h5-9,11H,4H2,1-3H3. The molecule has 0 N–H and O–H groups in total. The Hall–Kier alpha value is -2.28. The van der Waals surface area contributed by atoms with Crippen molar-refractivity contribution in [2.24, 2.45) is 0 Å². The average Bonchev–Trinajstić information content (AvgIpc) is 2.88. The van der Waals surface area contributed by atoms with Crippen molar-refractivity contribution in [1.82, 2.24) is 9.78 Å². The molecule has 1 aromatic heterocycles. The van der Waals surface area contributed by atoms with E-state index in [2.05, 4.69) is 25.0 Å². The highest BCUT2D eigenvalue weighted by Crippen LogP contribution is 2.27. The van der Waals surface area contributed by atoms with Gasteiger partial charge in [0.2, 0.25) is 0 Å². The second-order valence-electron chi connectivity index (χ2n) is 4.55. The second-order valence-corrected chi connectivity index (χ2v) is 4.55. The number of nitriles is 1. The summed E-state index contributed by atoms with van der Waals surface area (Å²) >= 11 is 0. The summed E-state index contributed by atoms with van der Waals surface area (Å²) in [4.78, 5) is 0. The Morgan fingerprint density at radius 3 is 2.79 bits per heavy atom. The van der Waals surface area contributed by atoms with Crippen LogP contribution in [0.3, 0.4) is 0 Å². The van der Waals surface area contributed by atoms with Gasteiger partial charge in [-0.05, 0) is 45.0 Å². The number of ether oxygens (including phenoxy) is 1. The summed E-state index contributed by atoms with van der Waals surface area (Å²) in [6.07, 6.45) is 1.77. The molecular formula is C15H17N3O. The van der Waals surface area contributed by atoms with Gasteiger partial charge in [-0.1, -0.05) is 0 Å². The van der Waals surface area contributed by atoms with Gasteiger partial charge in [0.15, 0.2) is 0 Å². The predicted octanol–water partition coefficient (Wildman–Crippen LogP) is 3.40. The van der Waals surface area contributed by atoms with E-state index < -0.39 is 0 Å². The number of aromatic nitrogens is 2. The van der Waals surface area contributed by atoms with Gasteiger partial charge < -0.3 is 4.74 Å². The molecule has 0 atom stereocenters. The molecule has 0 aliphatic heterocycles. The molecule has 0 bridgehead atoms. The Labute approximate surface area is 113 Å². The van der Waals surface area contributed by atoms with Gasteiger partial charge >= 0.3 is 0 Å². The molecule has 1 heterocycles. The summed E-state index contributed by atoms with van der Waals surface area (Å²) in [5.41, 5.74) is 2.54. The van der Waals surface area contributed by atoms with E-state index in [1.165, 1.54) is 0 Å². The number of hydrogen-bond donors (Lipinski definition) is 0. The minimum Gasteiger partial charge on any atom is -0.494 e. The van der Waals surface area contributed by atoms with Gasteiger partial charge in [0, 0.05) is 17.8 Å². The van der Waals surface area contributed by atoms with Crippen molar-refractivity contribution in [3.8, 4) is 23.1 Å². The summed E-state index contributed by atoms with van der Waals surface area (Å²) in [6.45, 7) is 6.66. The maximum Gasteiger partial charge on any atom is 0.121 e. The lowest BCUT2D eigenvalue weighted by molar-refractivity contribution is 0.340. The molecule has 0 radical (unpaired) electrons. The molecule has 0 amide bonds. The second kappa shape index (κ2) is 5.57. The van der Waals surface area contributed by atoms with E-state index in [-0.39, 0.29) is 6.04 Å². The molecule has 2 aromatic rings. The van der Waals surface area contributed by atoms with E-state index in [0.717, 1.165) is 11.3 Å². The fourth-order valence-corrected chi connectivity index (χ4v) is 2.02. The van der Waals surface area contributed by atoms with Gasteiger partial charge in [-0.15, -0.1) is 0 Å². The first-order valence-corrected chi connectivity index (χ1v) is 6.37. The Morgan fingerprint density at radius 1 is 1.37 bits per heavy atom. The highest BCUT2D eigenvalue weighted by atomic mass is 16.5. The summed E-state index contributed by atoms with van der Waals surface area (Å²) < 4.78 is 7.44. The van der Waals surface area contributed by atoms with Crippen LogP contribution in [-0.2, 0) is 0 Å². The zero-order valence-corrected chi connectivity index (χ0v) is 11.4. The van der Waals surface area contributed by atoms with Gasteiger partial charge in [-0.3, -0.25) is 4.68 Å². The van der Waals surface area contributed by atoms with Gasteiger partial charge in [-0.2, -0.15) is 10.4 Å². The molecule has 2 rings (SSSR count). The third-order valence-electron chi connectivity index (χ3n) is 2.80. The Bertz CT molecular complexity index is 608. The van der Waals surface area contributed by atoms with Crippen molar-refractivity contribution in [3.05, 3.63) is 36.0 Å². The monoisotopic (exact) mass is 255 g/mol. The zero-order chi connectivity index (χ0) is 13.8. The maximum atomic E-state index is 9.10. The van der Waals surface area contributed by atoms with Gasteiger partial charge in [0.1, 0.15) is 5.75 Å². The van der Waals surface area contributed by atoms with Crippen LogP contribution in [0.15, 0.2) is 30.5 Å². The van der Waals surface area contributed by atoms with Gasteiger partial charge in [-0.25, -0.2) is 0 Å². The van der Waals surface area contributed by atoms with Crippen LogP contribution in [0.2, 0.25) is 0 Å². The van der Waals surface area contributed by atoms with Crippen LogP contribution < -0.4 is 4.74 Å². The van der Waals surface area contributed by atoms with E-state index in [4.69, 9.17) is 10.00 Å². The van der Waals surface area contributed by atoms with Crippen molar-refractivity contribution in [3.63, 3.8) is 0 Å². The maximum absolute atomic E-state index is 9.10. The topological polar surface area (TPSA) is 50.8 Å². The molecule has 1 aromatic carbocycles. The molecule has 4 heteroatoms. The Kier molecular flexibility index (Phi) is 3.86. The molecule has 0 spiro atoms. The van der Waals surface area contributed by atoms with Crippen molar-refractivity contribution >= 4 is 0 Å². The van der Waals surface area contributed by atoms with Crippen LogP contribution in [-0.4, -0.2) is 16.4 Å². The summed E-state index contributed by atoms with van der Waals surface area (Å²) in [5.74, 6) is 0.716. The van der Waals surface area contributed by atoms with Gasteiger partial charge in [0.25, 0.3) is 0 Å². The summed E-state index contributed by atoms with van der Waals surface area (Å²) in [5, 5.41) is 13.4. The molecule has 0 saturated carbocycles. The number of hydrogen-bond acceptors (Lipinski definition) is 3. The lowest BCUT2D eigenvalue weighted by Gasteiger charge is -2.12. The van der Waals surface area contributed by atoms with Crippen LogP contribution in [0.4, 0.5) is 0 Å².